The fraction of sp³-hybridized carbons (Fsp3) is 0.462. The summed E-state index contributed by atoms with van der Waals surface area (Å²) in [7, 11) is 1.74. The van der Waals surface area contributed by atoms with Gasteiger partial charge >= 0.3 is 0 Å². The minimum Gasteiger partial charge on any atom is -0.493 e. The minimum atomic E-state index is -3.52. The molecule has 1 atom stereocenters. The van der Waals surface area contributed by atoms with Crippen LogP contribution in [0.25, 0.3) is 0 Å². The van der Waals surface area contributed by atoms with Gasteiger partial charge in [0, 0.05) is 16.6 Å². The first-order valence-electron chi connectivity index (χ1n) is 6.00. The summed E-state index contributed by atoms with van der Waals surface area (Å²) in [4.78, 5) is 0. The van der Waals surface area contributed by atoms with E-state index in [1.807, 2.05) is 13.0 Å². The van der Waals surface area contributed by atoms with Crippen LogP contribution in [0.5, 0.6) is 5.75 Å². The van der Waals surface area contributed by atoms with E-state index in [1.54, 1.807) is 24.3 Å². The highest BCUT2D eigenvalue weighted by molar-refractivity contribution is 8.13. The van der Waals surface area contributed by atoms with Crippen molar-refractivity contribution in [1.82, 2.24) is 0 Å². The van der Waals surface area contributed by atoms with Crippen LogP contribution in [0.1, 0.15) is 25.3 Å². The van der Waals surface area contributed by atoms with E-state index in [0.717, 1.165) is 12.8 Å². The second kappa shape index (κ2) is 7.37. The van der Waals surface area contributed by atoms with Crippen LogP contribution in [0.3, 0.4) is 0 Å². The van der Waals surface area contributed by atoms with Crippen molar-refractivity contribution in [2.45, 2.75) is 19.8 Å². The van der Waals surface area contributed by atoms with E-state index in [9.17, 15) is 8.42 Å². The van der Waals surface area contributed by atoms with Crippen LogP contribution in [0, 0.1) is 17.2 Å². The van der Waals surface area contributed by atoms with E-state index in [-0.39, 0.29) is 18.3 Å². The summed E-state index contributed by atoms with van der Waals surface area (Å²) >= 11 is 0. The molecule has 0 aliphatic rings. The van der Waals surface area contributed by atoms with Crippen molar-refractivity contribution in [2.75, 3.05) is 12.4 Å². The first kappa shape index (κ1) is 15.8. The van der Waals surface area contributed by atoms with Crippen molar-refractivity contribution < 1.29 is 13.2 Å². The van der Waals surface area contributed by atoms with Crippen molar-refractivity contribution in [2.24, 2.45) is 5.92 Å². The predicted octanol–water partition coefficient (Wildman–Crippen LogP) is 2.92. The molecule has 0 saturated heterocycles. The Morgan fingerprint density at radius 1 is 1.47 bits per heavy atom. The van der Waals surface area contributed by atoms with Gasteiger partial charge in [-0.15, -0.1) is 0 Å². The maximum Gasteiger partial charge on any atom is 0.232 e. The quantitative estimate of drug-likeness (QED) is 0.726. The predicted molar refractivity (Wildman–Crippen MR) is 74.7 cm³/mol. The van der Waals surface area contributed by atoms with Gasteiger partial charge in [0.25, 0.3) is 0 Å². The van der Waals surface area contributed by atoms with E-state index < -0.39 is 9.05 Å². The fourth-order valence-corrected chi connectivity index (χ4v) is 3.13. The van der Waals surface area contributed by atoms with Crippen LogP contribution in [-0.4, -0.2) is 20.8 Å². The van der Waals surface area contributed by atoms with Crippen LogP contribution in [-0.2, 0) is 9.05 Å². The number of nitrogens with zero attached hydrogens (tertiary/aromatic N) is 1. The third kappa shape index (κ3) is 6.46. The minimum absolute atomic E-state index is 0.0969. The van der Waals surface area contributed by atoms with Gasteiger partial charge in [-0.2, -0.15) is 5.26 Å². The highest BCUT2D eigenvalue weighted by Gasteiger charge is 2.17. The van der Waals surface area contributed by atoms with Crippen molar-refractivity contribution >= 4 is 19.7 Å². The number of hydrogen-bond acceptors (Lipinski definition) is 4. The monoisotopic (exact) mass is 301 g/mol. The van der Waals surface area contributed by atoms with Gasteiger partial charge < -0.3 is 4.74 Å². The van der Waals surface area contributed by atoms with Gasteiger partial charge in [0.05, 0.1) is 24.0 Å². The highest BCUT2D eigenvalue weighted by atomic mass is 35.7. The molecule has 0 aliphatic heterocycles. The Hall–Kier alpha value is -1.25. The van der Waals surface area contributed by atoms with E-state index in [4.69, 9.17) is 20.7 Å². The Labute approximate surface area is 118 Å². The molecule has 1 aromatic carbocycles. The van der Waals surface area contributed by atoms with E-state index >= 15 is 0 Å². The molecule has 6 heteroatoms. The van der Waals surface area contributed by atoms with E-state index in [0.29, 0.717) is 11.3 Å². The lowest BCUT2D eigenvalue weighted by Crippen LogP contribution is -2.19. The summed E-state index contributed by atoms with van der Waals surface area (Å²) in [6.45, 7) is 2.25. The van der Waals surface area contributed by atoms with E-state index in [1.165, 1.54) is 0 Å². The number of ether oxygens (including phenoxy) is 1. The molecule has 0 heterocycles. The summed E-state index contributed by atoms with van der Waals surface area (Å²) < 4.78 is 27.7. The summed E-state index contributed by atoms with van der Waals surface area (Å²) in [6, 6.07) is 8.78. The van der Waals surface area contributed by atoms with Gasteiger partial charge in [-0.25, -0.2) is 8.42 Å². The van der Waals surface area contributed by atoms with Crippen LogP contribution in [0.15, 0.2) is 24.3 Å². The van der Waals surface area contributed by atoms with Gasteiger partial charge in [0.15, 0.2) is 0 Å². The lowest BCUT2D eigenvalue weighted by atomic mass is 10.1. The molecule has 0 aliphatic carbocycles. The van der Waals surface area contributed by atoms with Gasteiger partial charge in [-0.3, -0.25) is 0 Å². The molecule has 0 spiro atoms. The van der Waals surface area contributed by atoms with Crippen LogP contribution in [0.2, 0.25) is 0 Å². The standard InChI is InChI=1S/C13H16ClNO3S/c1-2-4-12(10-19(14,16)17)9-18-13-6-3-5-11(7-13)8-15/h3,5-7,12H,2,4,9-10H2,1H3. The zero-order valence-corrected chi connectivity index (χ0v) is 12.2. The molecule has 1 aromatic rings. The molecular formula is C13H16ClNO3S. The molecule has 0 radical (unpaired) electrons. The van der Waals surface area contributed by atoms with Gasteiger partial charge in [-0.1, -0.05) is 19.4 Å². The maximum atomic E-state index is 11.1. The Morgan fingerprint density at radius 2 is 2.21 bits per heavy atom. The molecule has 1 rings (SSSR count). The number of benzene rings is 1. The SMILES string of the molecule is CCCC(COc1cccc(C#N)c1)CS(=O)(=O)Cl. The Bertz CT molecular complexity index is 551. The zero-order chi connectivity index (χ0) is 14.3. The van der Waals surface area contributed by atoms with Gasteiger partial charge in [0.2, 0.25) is 9.05 Å². The van der Waals surface area contributed by atoms with Crippen molar-refractivity contribution in [3.63, 3.8) is 0 Å². The number of rotatable bonds is 7. The molecule has 0 amide bonds. The fourth-order valence-electron chi connectivity index (χ4n) is 1.77. The third-order valence-electron chi connectivity index (χ3n) is 2.58. The number of halogens is 1. The first-order valence-corrected chi connectivity index (χ1v) is 8.47. The summed E-state index contributed by atoms with van der Waals surface area (Å²) in [5.41, 5.74) is 0.509. The molecule has 0 fully saturated rings. The third-order valence-corrected chi connectivity index (χ3v) is 3.83. The van der Waals surface area contributed by atoms with Crippen molar-refractivity contribution in [3.8, 4) is 11.8 Å². The zero-order valence-electron chi connectivity index (χ0n) is 10.7. The average Bonchev–Trinajstić information content (AvgIpc) is 2.35. The molecule has 104 valence electrons. The second-order valence-corrected chi connectivity index (χ2v) is 7.13. The molecule has 1 unspecified atom stereocenters. The summed E-state index contributed by atoms with van der Waals surface area (Å²) in [6.07, 6.45) is 1.59. The lowest BCUT2D eigenvalue weighted by molar-refractivity contribution is 0.253. The second-order valence-electron chi connectivity index (χ2n) is 4.31. The molecule has 19 heavy (non-hydrogen) atoms. The number of nitriles is 1. The van der Waals surface area contributed by atoms with Crippen LogP contribution >= 0.6 is 10.7 Å². The molecule has 0 bridgehead atoms. The molecule has 0 saturated carbocycles. The van der Waals surface area contributed by atoms with Gasteiger partial charge in [0.1, 0.15) is 5.75 Å². The Morgan fingerprint density at radius 3 is 2.79 bits per heavy atom. The average molecular weight is 302 g/mol. The molecule has 0 N–H and O–H groups in total. The van der Waals surface area contributed by atoms with Crippen LogP contribution in [0.4, 0.5) is 0 Å². The molecular weight excluding hydrogens is 286 g/mol. The largest absolute Gasteiger partial charge is 0.493 e. The smallest absolute Gasteiger partial charge is 0.232 e. The first-order chi connectivity index (χ1) is 8.94. The van der Waals surface area contributed by atoms with E-state index in [2.05, 4.69) is 0 Å². The Balaban J connectivity index is 2.63. The normalized spacial score (nSPS) is 12.7. The maximum absolute atomic E-state index is 11.1. The lowest BCUT2D eigenvalue weighted by Gasteiger charge is -2.15. The summed E-state index contributed by atoms with van der Waals surface area (Å²) in [5.74, 6) is 0.325. The number of hydrogen-bond donors (Lipinski definition) is 0. The topological polar surface area (TPSA) is 67.2 Å². The Kier molecular flexibility index (Phi) is 6.13. The molecule has 0 aromatic heterocycles. The van der Waals surface area contributed by atoms with Crippen molar-refractivity contribution in [3.05, 3.63) is 29.8 Å². The summed E-state index contributed by atoms with van der Waals surface area (Å²) in [5, 5.41) is 8.77. The van der Waals surface area contributed by atoms with Crippen LogP contribution < -0.4 is 4.74 Å². The van der Waals surface area contributed by atoms with Crippen molar-refractivity contribution in [1.29, 1.82) is 5.26 Å². The molecule has 4 nitrogen and oxygen atoms in total. The van der Waals surface area contributed by atoms with Gasteiger partial charge in [-0.05, 0) is 24.6 Å². The highest BCUT2D eigenvalue weighted by Crippen LogP contribution is 2.17.